The van der Waals surface area contributed by atoms with E-state index < -0.39 is 18.7 Å². The molecule has 0 aliphatic rings. The summed E-state index contributed by atoms with van der Waals surface area (Å²) in [7, 11) is 1.47. The largest absolute Gasteiger partial charge is 0.450 e. The number of alkyl halides is 3. The summed E-state index contributed by atoms with van der Waals surface area (Å²) >= 11 is 0. The number of carbonyl (C=O) groups excluding carboxylic acids is 1. The monoisotopic (exact) mass is 468 g/mol. The molecule has 1 unspecified atom stereocenters. The van der Waals surface area contributed by atoms with Crippen molar-refractivity contribution in [1.82, 2.24) is 16.0 Å². The van der Waals surface area contributed by atoms with Crippen LogP contribution in [-0.2, 0) is 4.74 Å². The van der Waals surface area contributed by atoms with Crippen molar-refractivity contribution in [2.45, 2.75) is 45.8 Å². The van der Waals surface area contributed by atoms with Crippen LogP contribution in [0.5, 0.6) is 0 Å². The zero-order valence-corrected chi connectivity index (χ0v) is 16.8. The first-order chi connectivity index (χ1) is 10.7. The predicted octanol–water partition coefficient (Wildman–Crippen LogP) is 2.88. The lowest BCUT2D eigenvalue weighted by atomic mass is 10.0. The smallest absolute Gasteiger partial charge is 0.407 e. The van der Waals surface area contributed by atoms with Crippen LogP contribution in [0.1, 0.15) is 33.6 Å². The third kappa shape index (κ3) is 14.6. The minimum atomic E-state index is -4.21. The molecule has 0 rings (SSSR count). The molecule has 0 aliphatic carbocycles. The number of amides is 1. The number of halogens is 4. The molecule has 3 N–H and O–H groups in total. The highest BCUT2D eigenvalue weighted by molar-refractivity contribution is 14.0. The molecule has 1 atom stereocenters. The summed E-state index contributed by atoms with van der Waals surface area (Å²) in [5.41, 5.74) is 0. The van der Waals surface area contributed by atoms with E-state index >= 15 is 0 Å². The normalized spacial score (nSPS) is 13.1. The van der Waals surface area contributed by atoms with Gasteiger partial charge in [0, 0.05) is 26.2 Å². The van der Waals surface area contributed by atoms with Crippen LogP contribution in [0, 0.1) is 5.92 Å². The maximum atomic E-state index is 12.1. The van der Waals surface area contributed by atoms with Crippen molar-refractivity contribution in [2.24, 2.45) is 10.9 Å². The zero-order chi connectivity index (χ0) is 17.9. The average Bonchev–Trinajstić information content (AvgIpc) is 2.40. The molecule has 0 bridgehead atoms. The van der Waals surface area contributed by atoms with E-state index in [0.717, 1.165) is 0 Å². The molecule has 0 aliphatic heterocycles. The molecule has 0 aromatic heterocycles. The van der Waals surface area contributed by atoms with Gasteiger partial charge in [0.25, 0.3) is 0 Å². The Kier molecular flexibility index (Phi) is 14.1. The van der Waals surface area contributed by atoms with Gasteiger partial charge in [-0.05, 0) is 19.3 Å². The molecule has 0 radical (unpaired) electrons. The van der Waals surface area contributed by atoms with E-state index in [0.29, 0.717) is 18.9 Å². The molecule has 24 heavy (non-hydrogen) atoms. The molecule has 0 saturated heterocycles. The second-order valence-electron chi connectivity index (χ2n) is 5.44. The van der Waals surface area contributed by atoms with Crippen LogP contribution in [0.15, 0.2) is 4.99 Å². The maximum absolute atomic E-state index is 12.1. The van der Waals surface area contributed by atoms with Crippen molar-refractivity contribution in [3.8, 4) is 0 Å². The standard InChI is InChI=1S/C14H27F3N4O2.HI/c1-5-23-13(22)21-11(8-10(2)3)9-20-12(18-4)19-7-6-14(15,16)17;/h10-11H,5-9H2,1-4H3,(H,21,22)(H2,18,19,20);1H. The third-order valence-corrected chi connectivity index (χ3v) is 2.79. The molecule has 1 amide bonds. The third-order valence-electron chi connectivity index (χ3n) is 2.79. The molecular formula is C14H28F3IN4O2. The fourth-order valence-electron chi connectivity index (χ4n) is 1.86. The first kappa shape index (κ1) is 25.3. The summed E-state index contributed by atoms with van der Waals surface area (Å²) in [6, 6.07) is -0.213. The number of carbonyl (C=O) groups is 1. The van der Waals surface area contributed by atoms with Crippen LogP contribution < -0.4 is 16.0 Å². The van der Waals surface area contributed by atoms with E-state index in [1.165, 1.54) is 7.05 Å². The summed E-state index contributed by atoms with van der Waals surface area (Å²) < 4.78 is 41.2. The Labute approximate surface area is 158 Å². The minimum Gasteiger partial charge on any atom is -0.450 e. The summed E-state index contributed by atoms with van der Waals surface area (Å²) in [5, 5.41) is 8.22. The van der Waals surface area contributed by atoms with Crippen molar-refractivity contribution in [3.05, 3.63) is 0 Å². The van der Waals surface area contributed by atoms with Crippen molar-refractivity contribution in [3.63, 3.8) is 0 Å². The van der Waals surface area contributed by atoms with Gasteiger partial charge in [-0.1, -0.05) is 13.8 Å². The molecule has 6 nitrogen and oxygen atoms in total. The number of rotatable bonds is 8. The Hall–Kier alpha value is -0.940. The zero-order valence-electron chi connectivity index (χ0n) is 14.5. The van der Waals surface area contributed by atoms with Gasteiger partial charge < -0.3 is 20.7 Å². The molecule has 0 fully saturated rings. The number of hydrogen-bond acceptors (Lipinski definition) is 3. The van der Waals surface area contributed by atoms with E-state index in [4.69, 9.17) is 4.74 Å². The van der Waals surface area contributed by atoms with Crippen LogP contribution in [0.3, 0.4) is 0 Å². The Morgan fingerprint density at radius 2 is 1.88 bits per heavy atom. The highest BCUT2D eigenvalue weighted by atomic mass is 127. The molecule has 144 valence electrons. The van der Waals surface area contributed by atoms with Gasteiger partial charge >= 0.3 is 12.3 Å². The number of alkyl carbamates (subject to hydrolysis) is 1. The Morgan fingerprint density at radius 1 is 1.25 bits per heavy atom. The van der Waals surface area contributed by atoms with Gasteiger partial charge in [-0.3, -0.25) is 4.99 Å². The highest BCUT2D eigenvalue weighted by Gasteiger charge is 2.26. The number of guanidine groups is 1. The Morgan fingerprint density at radius 3 is 2.33 bits per heavy atom. The first-order valence-corrected chi connectivity index (χ1v) is 7.62. The number of hydrogen-bond donors (Lipinski definition) is 3. The topological polar surface area (TPSA) is 74.8 Å². The first-order valence-electron chi connectivity index (χ1n) is 7.62. The molecule has 0 aromatic carbocycles. The van der Waals surface area contributed by atoms with Crippen LogP contribution in [0.4, 0.5) is 18.0 Å². The van der Waals surface area contributed by atoms with Gasteiger partial charge in [-0.25, -0.2) is 4.79 Å². The number of nitrogens with zero attached hydrogens (tertiary/aromatic N) is 1. The molecule has 0 aromatic rings. The lowest BCUT2D eigenvalue weighted by Crippen LogP contribution is -2.48. The molecular weight excluding hydrogens is 440 g/mol. The van der Waals surface area contributed by atoms with Gasteiger partial charge in [-0.2, -0.15) is 13.2 Å². The SMILES string of the molecule is CCOC(=O)NC(CNC(=NC)NCCC(F)(F)F)CC(C)C.I. The van der Waals surface area contributed by atoms with Crippen molar-refractivity contribution in [2.75, 3.05) is 26.7 Å². The van der Waals surface area contributed by atoms with Crippen LogP contribution in [0.2, 0.25) is 0 Å². The number of aliphatic imine (C=N–C) groups is 1. The second-order valence-corrected chi connectivity index (χ2v) is 5.44. The average molecular weight is 468 g/mol. The van der Waals surface area contributed by atoms with Gasteiger partial charge in [-0.15, -0.1) is 24.0 Å². The van der Waals surface area contributed by atoms with Crippen LogP contribution >= 0.6 is 24.0 Å². The molecule has 0 saturated carbocycles. The highest BCUT2D eigenvalue weighted by Crippen LogP contribution is 2.18. The summed E-state index contributed by atoms with van der Waals surface area (Å²) in [5.74, 6) is 0.595. The number of ether oxygens (including phenoxy) is 1. The molecule has 0 heterocycles. The van der Waals surface area contributed by atoms with Gasteiger partial charge in [0.2, 0.25) is 0 Å². The van der Waals surface area contributed by atoms with Gasteiger partial charge in [0.15, 0.2) is 5.96 Å². The fraction of sp³-hybridized carbons (Fsp3) is 0.857. The molecule has 0 spiro atoms. The predicted molar refractivity (Wildman–Crippen MR) is 98.9 cm³/mol. The lowest BCUT2D eigenvalue weighted by Gasteiger charge is -2.22. The fourth-order valence-corrected chi connectivity index (χ4v) is 1.86. The van der Waals surface area contributed by atoms with Gasteiger partial charge in [0.1, 0.15) is 0 Å². The van der Waals surface area contributed by atoms with E-state index in [-0.39, 0.29) is 49.1 Å². The quantitative estimate of drug-likeness (QED) is 0.291. The Bertz CT molecular complexity index is 380. The van der Waals surface area contributed by atoms with Crippen LogP contribution in [-0.4, -0.2) is 51.0 Å². The maximum Gasteiger partial charge on any atom is 0.407 e. The molecule has 10 heteroatoms. The van der Waals surface area contributed by atoms with E-state index in [9.17, 15) is 18.0 Å². The second kappa shape index (κ2) is 13.4. The van der Waals surface area contributed by atoms with Crippen molar-refractivity contribution < 1.29 is 22.7 Å². The minimum absolute atomic E-state index is 0. The summed E-state index contributed by atoms with van der Waals surface area (Å²) in [6.45, 7) is 6.08. The summed E-state index contributed by atoms with van der Waals surface area (Å²) in [4.78, 5) is 15.4. The van der Waals surface area contributed by atoms with Crippen LogP contribution in [0.25, 0.3) is 0 Å². The van der Waals surface area contributed by atoms with E-state index in [1.54, 1.807) is 6.92 Å². The van der Waals surface area contributed by atoms with E-state index in [2.05, 4.69) is 20.9 Å². The van der Waals surface area contributed by atoms with E-state index in [1.807, 2.05) is 13.8 Å². The summed E-state index contributed by atoms with van der Waals surface area (Å²) in [6.07, 6.45) is -4.97. The Balaban J connectivity index is 0. The number of nitrogens with one attached hydrogen (secondary N) is 3. The van der Waals surface area contributed by atoms with Crippen molar-refractivity contribution in [1.29, 1.82) is 0 Å². The van der Waals surface area contributed by atoms with Gasteiger partial charge in [0.05, 0.1) is 13.0 Å². The lowest BCUT2D eigenvalue weighted by molar-refractivity contribution is -0.132. The van der Waals surface area contributed by atoms with Crippen molar-refractivity contribution >= 4 is 36.0 Å².